The second-order valence-corrected chi connectivity index (χ2v) is 8.55. The molecule has 1 saturated carbocycles. The molecule has 24 heavy (non-hydrogen) atoms. The van der Waals surface area contributed by atoms with Crippen molar-refractivity contribution in [1.29, 1.82) is 10.5 Å². The van der Waals surface area contributed by atoms with Gasteiger partial charge in [-0.2, -0.15) is 10.5 Å². The summed E-state index contributed by atoms with van der Waals surface area (Å²) in [5.74, 6) is 0.536. The molecule has 0 amide bonds. The molecule has 1 N–H and O–H groups in total. The normalized spacial score (nSPS) is 36.2. The van der Waals surface area contributed by atoms with Gasteiger partial charge in [0.15, 0.2) is 0 Å². The summed E-state index contributed by atoms with van der Waals surface area (Å²) in [6, 6.07) is 15.7. The van der Waals surface area contributed by atoms with E-state index in [1.54, 1.807) is 0 Å². The molecule has 4 atom stereocenters. The first kappa shape index (κ1) is 17.0. The summed E-state index contributed by atoms with van der Waals surface area (Å²) in [6.45, 7) is 6.33. The van der Waals surface area contributed by atoms with Crippen molar-refractivity contribution in [1.82, 2.24) is 5.32 Å². The molecule has 2 aliphatic rings. The van der Waals surface area contributed by atoms with Crippen LogP contribution in [0.5, 0.6) is 0 Å². The second-order valence-electron chi connectivity index (χ2n) is 8.55. The van der Waals surface area contributed by atoms with Gasteiger partial charge < -0.3 is 0 Å². The van der Waals surface area contributed by atoms with Gasteiger partial charge in [-0.15, -0.1) is 0 Å². The van der Waals surface area contributed by atoms with Crippen molar-refractivity contribution in [3.05, 3.63) is 35.9 Å². The molecule has 1 saturated heterocycles. The quantitative estimate of drug-likeness (QED) is 0.827. The van der Waals surface area contributed by atoms with Crippen LogP contribution in [-0.4, -0.2) is 11.1 Å². The first-order chi connectivity index (χ1) is 11.4. The molecule has 1 aromatic carbocycles. The summed E-state index contributed by atoms with van der Waals surface area (Å²) in [4.78, 5) is 0. The van der Waals surface area contributed by atoms with Gasteiger partial charge >= 0.3 is 0 Å². The first-order valence-electron chi connectivity index (χ1n) is 9.04. The van der Waals surface area contributed by atoms with E-state index < -0.39 is 11.1 Å². The van der Waals surface area contributed by atoms with Crippen LogP contribution in [0.1, 0.15) is 64.4 Å². The van der Waals surface area contributed by atoms with Crippen LogP contribution in [0.3, 0.4) is 0 Å². The Bertz CT molecular complexity index is 676. The molecule has 3 nitrogen and oxygen atoms in total. The molecule has 1 aliphatic heterocycles. The van der Waals surface area contributed by atoms with E-state index in [0.29, 0.717) is 0 Å². The number of hydrogen-bond acceptors (Lipinski definition) is 3. The maximum Gasteiger partial charge on any atom is 0.113 e. The van der Waals surface area contributed by atoms with Gasteiger partial charge in [-0.05, 0) is 42.1 Å². The summed E-state index contributed by atoms with van der Waals surface area (Å²) < 4.78 is 0. The Morgan fingerprint density at radius 1 is 1.08 bits per heavy atom. The standard InChI is InChI=1S/C21H27N3/c1-19(2,3)21(15-23)13-17(16-9-5-4-6-10-16)18-11-7-8-12-20(18,14-22)24-21/h4-6,9-10,17-18,24H,7-8,11-13H2,1-3H3. The van der Waals surface area contributed by atoms with Gasteiger partial charge in [-0.1, -0.05) is 63.9 Å². The molecule has 1 aromatic rings. The lowest BCUT2D eigenvalue weighted by Gasteiger charge is -2.57. The third-order valence-corrected chi connectivity index (χ3v) is 6.32. The molecule has 0 radical (unpaired) electrons. The average molecular weight is 321 g/mol. The SMILES string of the molecule is CC(C)(C)C1(C#N)CC(c2ccccc2)C2CCCCC2(C#N)N1. The van der Waals surface area contributed by atoms with Crippen molar-refractivity contribution < 1.29 is 0 Å². The molecular formula is C21H27N3. The minimum absolute atomic E-state index is 0.235. The fraction of sp³-hybridized carbons (Fsp3) is 0.619. The lowest BCUT2D eigenvalue weighted by molar-refractivity contribution is 0.0234. The van der Waals surface area contributed by atoms with E-state index in [1.807, 2.05) is 6.07 Å². The summed E-state index contributed by atoms with van der Waals surface area (Å²) >= 11 is 0. The second kappa shape index (κ2) is 5.91. The molecule has 0 bridgehead atoms. The number of rotatable bonds is 1. The van der Waals surface area contributed by atoms with E-state index in [9.17, 15) is 10.5 Å². The highest BCUT2D eigenvalue weighted by Crippen LogP contribution is 2.53. The molecule has 3 heteroatoms. The number of fused-ring (bicyclic) bond motifs is 1. The highest BCUT2D eigenvalue weighted by Gasteiger charge is 2.59. The fourth-order valence-electron chi connectivity index (χ4n) is 4.76. The summed E-state index contributed by atoms with van der Waals surface area (Å²) in [5, 5.41) is 23.8. The van der Waals surface area contributed by atoms with Crippen LogP contribution in [0.15, 0.2) is 30.3 Å². The van der Waals surface area contributed by atoms with Crippen LogP contribution in [0.4, 0.5) is 0 Å². The van der Waals surface area contributed by atoms with Crippen molar-refractivity contribution in [2.45, 2.75) is 69.9 Å². The Balaban J connectivity index is 2.14. The molecule has 2 fully saturated rings. The van der Waals surface area contributed by atoms with E-state index in [-0.39, 0.29) is 17.3 Å². The molecular weight excluding hydrogens is 294 g/mol. The number of benzene rings is 1. The number of hydrogen-bond donors (Lipinski definition) is 1. The highest BCUT2D eigenvalue weighted by atomic mass is 15.1. The molecule has 126 valence electrons. The van der Waals surface area contributed by atoms with Crippen molar-refractivity contribution in [2.75, 3.05) is 0 Å². The Kier molecular flexibility index (Phi) is 4.18. The Labute approximate surface area is 145 Å². The number of nitrogens with zero attached hydrogens (tertiary/aromatic N) is 2. The van der Waals surface area contributed by atoms with Gasteiger partial charge in [0.05, 0.1) is 12.1 Å². The van der Waals surface area contributed by atoms with Crippen molar-refractivity contribution in [3.8, 4) is 12.1 Å². The molecule has 3 rings (SSSR count). The summed E-state index contributed by atoms with van der Waals surface area (Å²) in [7, 11) is 0. The fourth-order valence-corrected chi connectivity index (χ4v) is 4.76. The van der Waals surface area contributed by atoms with E-state index >= 15 is 0 Å². The van der Waals surface area contributed by atoms with Gasteiger partial charge in [0.2, 0.25) is 0 Å². The third kappa shape index (κ3) is 2.52. The zero-order valence-electron chi connectivity index (χ0n) is 15.0. The van der Waals surface area contributed by atoms with Gasteiger partial charge in [0.25, 0.3) is 0 Å². The zero-order chi connectivity index (χ0) is 17.4. The smallest absolute Gasteiger partial charge is 0.113 e. The minimum atomic E-state index is -0.683. The van der Waals surface area contributed by atoms with Crippen LogP contribution >= 0.6 is 0 Å². The Morgan fingerprint density at radius 2 is 1.79 bits per heavy atom. The first-order valence-corrected chi connectivity index (χ1v) is 9.04. The molecule has 1 heterocycles. The van der Waals surface area contributed by atoms with Crippen LogP contribution in [0.2, 0.25) is 0 Å². The Hall–Kier alpha value is -1.84. The van der Waals surface area contributed by atoms with E-state index in [0.717, 1.165) is 25.7 Å². The minimum Gasteiger partial charge on any atom is -0.281 e. The molecule has 0 aromatic heterocycles. The van der Waals surface area contributed by atoms with Crippen molar-refractivity contribution in [3.63, 3.8) is 0 Å². The largest absolute Gasteiger partial charge is 0.281 e. The van der Waals surface area contributed by atoms with Crippen LogP contribution < -0.4 is 5.32 Å². The van der Waals surface area contributed by atoms with Crippen LogP contribution in [0.25, 0.3) is 0 Å². The van der Waals surface area contributed by atoms with Gasteiger partial charge in [-0.25, -0.2) is 0 Å². The van der Waals surface area contributed by atoms with Gasteiger partial charge in [-0.3, -0.25) is 5.32 Å². The number of nitrogens with one attached hydrogen (secondary N) is 1. The topological polar surface area (TPSA) is 59.6 Å². The van der Waals surface area contributed by atoms with Crippen LogP contribution in [-0.2, 0) is 0 Å². The average Bonchev–Trinajstić information content (AvgIpc) is 2.60. The Morgan fingerprint density at radius 3 is 2.38 bits per heavy atom. The highest BCUT2D eigenvalue weighted by molar-refractivity contribution is 5.34. The van der Waals surface area contributed by atoms with Gasteiger partial charge in [0.1, 0.15) is 11.1 Å². The van der Waals surface area contributed by atoms with Crippen molar-refractivity contribution >= 4 is 0 Å². The predicted octanol–water partition coefficient (Wildman–Crippen LogP) is 4.52. The van der Waals surface area contributed by atoms with E-state index in [1.165, 1.54) is 12.0 Å². The molecule has 1 aliphatic carbocycles. The molecule has 0 spiro atoms. The number of piperidine rings is 1. The summed E-state index contributed by atoms with van der Waals surface area (Å²) in [6.07, 6.45) is 4.91. The number of nitriles is 2. The van der Waals surface area contributed by atoms with E-state index in [4.69, 9.17) is 0 Å². The lowest BCUT2D eigenvalue weighted by atomic mass is 9.55. The molecule has 4 unspecified atom stereocenters. The lowest BCUT2D eigenvalue weighted by Crippen LogP contribution is -2.70. The van der Waals surface area contributed by atoms with Crippen molar-refractivity contribution in [2.24, 2.45) is 11.3 Å². The predicted molar refractivity (Wildman–Crippen MR) is 95.0 cm³/mol. The van der Waals surface area contributed by atoms with Gasteiger partial charge in [0, 0.05) is 0 Å². The van der Waals surface area contributed by atoms with Crippen LogP contribution in [0, 0.1) is 34.0 Å². The monoisotopic (exact) mass is 321 g/mol. The maximum absolute atomic E-state index is 10.1. The van der Waals surface area contributed by atoms with E-state index in [2.05, 4.69) is 62.5 Å². The third-order valence-electron chi connectivity index (χ3n) is 6.32. The zero-order valence-corrected chi connectivity index (χ0v) is 15.0. The maximum atomic E-state index is 10.1. The summed E-state index contributed by atoms with van der Waals surface area (Å²) in [5.41, 5.74) is -0.229.